The van der Waals surface area contributed by atoms with Gasteiger partial charge in [-0.25, -0.2) is 0 Å². The molecule has 3 aromatic rings. The van der Waals surface area contributed by atoms with Crippen LogP contribution in [-0.4, -0.2) is 33.4 Å². The third-order valence-electron chi connectivity index (χ3n) is 6.61. The standard InChI is InChI=1S/C31H33NO5/c1-18(2)17-37-26-13-10-23(15-21(26)5)29(34)27-28(22-8-11-25(33)12-9-22)32(31(36)30(27)35)16-24-14-19(3)6-7-20(24)4/h6-15,18,28,33-34H,16-17H2,1-5H3/b29-27-. The maximum atomic E-state index is 13.4. The fourth-order valence-corrected chi connectivity index (χ4v) is 4.57. The van der Waals surface area contributed by atoms with Crippen LogP contribution in [0.3, 0.4) is 0 Å². The molecule has 4 rings (SSSR count). The van der Waals surface area contributed by atoms with Gasteiger partial charge in [-0.1, -0.05) is 49.7 Å². The summed E-state index contributed by atoms with van der Waals surface area (Å²) in [4.78, 5) is 28.2. The summed E-state index contributed by atoms with van der Waals surface area (Å²) in [6.07, 6.45) is 0. The fourth-order valence-electron chi connectivity index (χ4n) is 4.57. The largest absolute Gasteiger partial charge is 0.508 e. The van der Waals surface area contributed by atoms with Gasteiger partial charge < -0.3 is 19.8 Å². The van der Waals surface area contributed by atoms with Crippen LogP contribution in [0.1, 0.15) is 53.3 Å². The first-order chi connectivity index (χ1) is 17.6. The highest BCUT2D eigenvalue weighted by Gasteiger charge is 2.46. The molecule has 0 radical (unpaired) electrons. The maximum Gasteiger partial charge on any atom is 0.295 e. The highest BCUT2D eigenvalue weighted by molar-refractivity contribution is 6.46. The van der Waals surface area contributed by atoms with Gasteiger partial charge in [-0.2, -0.15) is 0 Å². The SMILES string of the molecule is Cc1ccc(C)c(CN2C(=O)C(=O)/C(=C(\O)c3ccc(OCC(C)C)c(C)c3)C2c2ccc(O)cc2)c1. The number of Topliss-reactive ketones (excluding diaryl/α,β-unsaturated/α-hetero) is 1. The number of carbonyl (C=O) groups excluding carboxylic acids is 2. The lowest BCUT2D eigenvalue weighted by Gasteiger charge is -2.26. The van der Waals surface area contributed by atoms with Gasteiger partial charge in [0.15, 0.2) is 0 Å². The van der Waals surface area contributed by atoms with E-state index in [1.54, 1.807) is 30.3 Å². The third kappa shape index (κ3) is 5.38. The van der Waals surface area contributed by atoms with Crippen LogP contribution in [-0.2, 0) is 16.1 Å². The van der Waals surface area contributed by atoms with E-state index in [1.165, 1.54) is 17.0 Å². The Labute approximate surface area is 217 Å². The van der Waals surface area contributed by atoms with Gasteiger partial charge in [-0.3, -0.25) is 9.59 Å². The van der Waals surface area contributed by atoms with Crippen molar-refractivity contribution in [1.82, 2.24) is 4.90 Å². The van der Waals surface area contributed by atoms with Crippen molar-refractivity contribution in [2.75, 3.05) is 6.61 Å². The second-order valence-electron chi connectivity index (χ2n) is 10.1. The lowest BCUT2D eigenvalue weighted by Crippen LogP contribution is -2.29. The zero-order chi connectivity index (χ0) is 26.9. The molecule has 1 unspecified atom stereocenters. The predicted octanol–water partition coefficient (Wildman–Crippen LogP) is 5.97. The molecule has 1 fully saturated rings. The zero-order valence-electron chi connectivity index (χ0n) is 21.9. The Balaban J connectivity index is 1.81. The number of likely N-dealkylation sites (tertiary alicyclic amines) is 1. The van der Waals surface area contributed by atoms with Crippen LogP contribution in [0.15, 0.2) is 66.2 Å². The fraction of sp³-hybridized carbons (Fsp3) is 0.290. The Morgan fingerprint density at radius 1 is 0.946 bits per heavy atom. The zero-order valence-corrected chi connectivity index (χ0v) is 21.9. The lowest BCUT2D eigenvalue weighted by molar-refractivity contribution is -0.140. The number of hydrogen-bond donors (Lipinski definition) is 2. The highest BCUT2D eigenvalue weighted by atomic mass is 16.5. The van der Waals surface area contributed by atoms with Crippen molar-refractivity contribution < 1.29 is 24.5 Å². The lowest BCUT2D eigenvalue weighted by atomic mass is 9.94. The minimum atomic E-state index is -0.808. The molecular weight excluding hydrogens is 466 g/mol. The summed E-state index contributed by atoms with van der Waals surface area (Å²) in [5.41, 5.74) is 4.87. The molecule has 6 heteroatoms. The Morgan fingerprint density at radius 3 is 2.30 bits per heavy atom. The topological polar surface area (TPSA) is 87.1 Å². The normalized spacial score (nSPS) is 17.0. The van der Waals surface area contributed by atoms with Crippen LogP contribution in [0, 0.1) is 26.7 Å². The van der Waals surface area contributed by atoms with Crippen molar-refractivity contribution in [1.29, 1.82) is 0 Å². The van der Waals surface area contributed by atoms with Crippen molar-refractivity contribution in [3.05, 3.63) is 99.6 Å². The highest BCUT2D eigenvalue weighted by Crippen LogP contribution is 2.41. The molecule has 1 aliphatic heterocycles. The molecular formula is C31H33NO5. The summed E-state index contributed by atoms with van der Waals surface area (Å²) in [6, 6.07) is 16.8. The first kappa shape index (κ1) is 26.0. The molecule has 0 spiro atoms. The number of nitrogens with zero attached hydrogens (tertiary/aromatic N) is 1. The van der Waals surface area contributed by atoms with Gasteiger partial charge in [-0.15, -0.1) is 0 Å². The van der Waals surface area contributed by atoms with Gasteiger partial charge >= 0.3 is 0 Å². The van der Waals surface area contributed by atoms with E-state index in [0.717, 1.165) is 22.3 Å². The van der Waals surface area contributed by atoms with Crippen LogP contribution in [0.4, 0.5) is 0 Å². The van der Waals surface area contributed by atoms with Crippen molar-refractivity contribution in [3.8, 4) is 11.5 Å². The first-order valence-corrected chi connectivity index (χ1v) is 12.4. The van der Waals surface area contributed by atoms with Gasteiger partial charge in [0.25, 0.3) is 11.7 Å². The number of aliphatic hydroxyl groups excluding tert-OH is 1. The first-order valence-electron chi connectivity index (χ1n) is 12.4. The second-order valence-corrected chi connectivity index (χ2v) is 10.1. The summed E-state index contributed by atoms with van der Waals surface area (Å²) < 4.78 is 5.85. The minimum Gasteiger partial charge on any atom is -0.508 e. The number of phenolic OH excluding ortho intramolecular Hbond substituents is 1. The number of ketones is 1. The number of aromatic hydroxyl groups is 1. The van der Waals surface area contributed by atoms with Gasteiger partial charge in [-0.05, 0) is 79.3 Å². The molecule has 1 saturated heterocycles. The number of carbonyl (C=O) groups is 2. The molecule has 0 saturated carbocycles. The van der Waals surface area contributed by atoms with Crippen molar-refractivity contribution >= 4 is 17.4 Å². The molecule has 6 nitrogen and oxygen atoms in total. The maximum absolute atomic E-state index is 13.4. The quantitative estimate of drug-likeness (QED) is 0.237. The van der Waals surface area contributed by atoms with Crippen LogP contribution in [0.2, 0.25) is 0 Å². The summed E-state index contributed by atoms with van der Waals surface area (Å²) in [6.45, 7) is 10.7. The van der Waals surface area contributed by atoms with E-state index in [4.69, 9.17) is 4.74 Å². The number of hydrogen-bond acceptors (Lipinski definition) is 5. The van der Waals surface area contributed by atoms with E-state index < -0.39 is 17.7 Å². The molecule has 0 aliphatic carbocycles. The average molecular weight is 500 g/mol. The summed E-state index contributed by atoms with van der Waals surface area (Å²) >= 11 is 0. The van der Waals surface area contributed by atoms with E-state index >= 15 is 0 Å². The minimum absolute atomic E-state index is 0.0243. The Kier molecular flexibility index (Phi) is 7.39. The summed E-state index contributed by atoms with van der Waals surface area (Å²) in [5.74, 6) is -0.504. The van der Waals surface area contributed by atoms with E-state index in [9.17, 15) is 19.8 Å². The molecule has 2 N–H and O–H groups in total. The Bertz CT molecular complexity index is 1370. The second kappa shape index (κ2) is 10.5. The predicted molar refractivity (Wildman–Crippen MR) is 143 cm³/mol. The van der Waals surface area contributed by atoms with Crippen molar-refractivity contribution in [2.45, 2.75) is 47.2 Å². The molecule has 1 atom stereocenters. The van der Waals surface area contributed by atoms with E-state index in [-0.39, 0.29) is 23.6 Å². The molecule has 3 aromatic carbocycles. The number of ether oxygens (including phenoxy) is 1. The van der Waals surface area contributed by atoms with E-state index in [1.807, 2.05) is 39.0 Å². The van der Waals surface area contributed by atoms with Gasteiger partial charge in [0.2, 0.25) is 0 Å². The molecule has 0 bridgehead atoms. The van der Waals surface area contributed by atoms with Crippen molar-refractivity contribution in [2.24, 2.45) is 5.92 Å². The number of amides is 1. The van der Waals surface area contributed by atoms with Crippen LogP contribution >= 0.6 is 0 Å². The number of aliphatic hydroxyl groups is 1. The monoisotopic (exact) mass is 499 g/mol. The molecule has 37 heavy (non-hydrogen) atoms. The van der Waals surface area contributed by atoms with Gasteiger partial charge in [0.05, 0.1) is 18.2 Å². The number of aryl methyl sites for hydroxylation is 3. The molecule has 192 valence electrons. The smallest absolute Gasteiger partial charge is 0.295 e. The summed E-state index contributed by atoms with van der Waals surface area (Å²) in [7, 11) is 0. The van der Waals surface area contributed by atoms with E-state index in [0.29, 0.717) is 29.4 Å². The van der Waals surface area contributed by atoms with Crippen LogP contribution < -0.4 is 4.74 Å². The molecule has 1 amide bonds. The van der Waals surface area contributed by atoms with Crippen molar-refractivity contribution in [3.63, 3.8) is 0 Å². The van der Waals surface area contributed by atoms with Crippen LogP contribution in [0.5, 0.6) is 11.5 Å². The third-order valence-corrected chi connectivity index (χ3v) is 6.61. The van der Waals surface area contributed by atoms with E-state index in [2.05, 4.69) is 13.8 Å². The average Bonchev–Trinajstić information content (AvgIpc) is 3.10. The summed E-state index contributed by atoms with van der Waals surface area (Å²) in [5, 5.41) is 21.2. The molecule has 1 heterocycles. The molecule has 0 aromatic heterocycles. The Morgan fingerprint density at radius 2 is 1.65 bits per heavy atom. The van der Waals surface area contributed by atoms with Gasteiger partial charge in [0.1, 0.15) is 17.3 Å². The molecule has 1 aliphatic rings. The van der Waals surface area contributed by atoms with Gasteiger partial charge in [0, 0.05) is 12.1 Å². The van der Waals surface area contributed by atoms with Crippen LogP contribution in [0.25, 0.3) is 5.76 Å². The number of phenols is 1. The number of rotatable bonds is 7. The number of benzene rings is 3. The Hall–Kier alpha value is -4.06.